The van der Waals surface area contributed by atoms with Crippen molar-refractivity contribution in [1.29, 1.82) is 0 Å². The van der Waals surface area contributed by atoms with E-state index in [1.807, 2.05) is 29.9 Å². The van der Waals surface area contributed by atoms with E-state index in [1.54, 1.807) is 18.7 Å². The zero-order chi connectivity index (χ0) is 8.39. The second-order valence-corrected chi connectivity index (χ2v) is 2.66. The highest BCUT2D eigenvalue weighted by atomic mass is 15.0. The van der Waals surface area contributed by atoms with Crippen LogP contribution in [0, 0.1) is 0 Å². The van der Waals surface area contributed by atoms with Gasteiger partial charge >= 0.3 is 0 Å². The van der Waals surface area contributed by atoms with Crippen LogP contribution < -0.4 is 0 Å². The van der Waals surface area contributed by atoms with Gasteiger partial charge in [0, 0.05) is 31.2 Å². The summed E-state index contributed by atoms with van der Waals surface area (Å²) >= 11 is 0. The van der Waals surface area contributed by atoms with E-state index < -0.39 is 0 Å². The van der Waals surface area contributed by atoms with Crippen molar-refractivity contribution < 1.29 is 0 Å². The maximum absolute atomic E-state index is 4.22. The lowest BCUT2D eigenvalue weighted by Gasteiger charge is -1.92. The molecule has 0 amide bonds. The van der Waals surface area contributed by atoms with Crippen LogP contribution >= 0.6 is 0 Å². The molecule has 2 aromatic heterocycles. The summed E-state index contributed by atoms with van der Waals surface area (Å²) in [4.78, 5) is 8.16. The van der Waals surface area contributed by atoms with Crippen LogP contribution in [-0.4, -0.2) is 14.5 Å². The van der Waals surface area contributed by atoms with Crippen molar-refractivity contribution in [1.82, 2.24) is 14.5 Å². The van der Waals surface area contributed by atoms with Gasteiger partial charge in [-0.05, 0) is 12.1 Å². The van der Waals surface area contributed by atoms with Gasteiger partial charge in [-0.3, -0.25) is 4.98 Å². The van der Waals surface area contributed by atoms with Crippen LogP contribution in [0.5, 0.6) is 0 Å². The van der Waals surface area contributed by atoms with Gasteiger partial charge < -0.3 is 4.57 Å². The maximum atomic E-state index is 4.22. The molecule has 0 fully saturated rings. The molecule has 3 heteroatoms. The summed E-state index contributed by atoms with van der Waals surface area (Å²) in [7, 11) is 1.96. The third-order valence-electron chi connectivity index (χ3n) is 1.68. The van der Waals surface area contributed by atoms with Gasteiger partial charge in [0.05, 0.1) is 12.0 Å². The largest absolute Gasteiger partial charge is 0.340 e. The number of hydrogen-bond acceptors (Lipinski definition) is 2. The predicted molar refractivity (Wildman–Crippen MR) is 46.4 cm³/mol. The van der Waals surface area contributed by atoms with E-state index in [9.17, 15) is 0 Å². The van der Waals surface area contributed by atoms with Gasteiger partial charge in [0.15, 0.2) is 0 Å². The van der Waals surface area contributed by atoms with Crippen molar-refractivity contribution in [2.24, 2.45) is 7.05 Å². The molecule has 2 heterocycles. The van der Waals surface area contributed by atoms with Crippen LogP contribution in [0.3, 0.4) is 0 Å². The van der Waals surface area contributed by atoms with Crippen molar-refractivity contribution in [2.75, 3.05) is 0 Å². The van der Waals surface area contributed by atoms with Crippen LogP contribution in [0.25, 0.3) is 11.3 Å². The summed E-state index contributed by atoms with van der Waals surface area (Å²) in [6.07, 6.45) is 7.30. The third-order valence-corrected chi connectivity index (χ3v) is 1.68. The lowest BCUT2D eigenvalue weighted by Crippen LogP contribution is -1.78. The van der Waals surface area contributed by atoms with Crippen molar-refractivity contribution in [3.8, 4) is 11.3 Å². The van der Waals surface area contributed by atoms with E-state index >= 15 is 0 Å². The van der Waals surface area contributed by atoms with Crippen molar-refractivity contribution in [3.63, 3.8) is 0 Å². The monoisotopic (exact) mass is 159 g/mol. The Morgan fingerprint density at radius 2 is 2.00 bits per heavy atom. The highest BCUT2D eigenvalue weighted by molar-refractivity contribution is 5.56. The Balaban J connectivity index is 2.45. The number of rotatable bonds is 1. The molecule has 12 heavy (non-hydrogen) atoms. The van der Waals surface area contributed by atoms with Crippen molar-refractivity contribution in [3.05, 3.63) is 37.1 Å². The number of hydrogen-bond donors (Lipinski definition) is 0. The molecule has 3 nitrogen and oxygen atoms in total. The maximum Gasteiger partial charge on any atom is 0.0951 e. The van der Waals surface area contributed by atoms with E-state index in [1.165, 1.54) is 0 Å². The van der Waals surface area contributed by atoms with Crippen LogP contribution in [0.1, 0.15) is 0 Å². The highest BCUT2D eigenvalue weighted by Gasteiger charge is 1.97. The first-order chi connectivity index (χ1) is 5.86. The summed E-state index contributed by atoms with van der Waals surface area (Å²) in [6, 6.07) is 3.89. The number of pyridine rings is 1. The van der Waals surface area contributed by atoms with Crippen LogP contribution in [0.15, 0.2) is 37.1 Å². The Bertz CT molecular complexity index is 364. The van der Waals surface area contributed by atoms with Gasteiger partial charge in [-0.25, -0.2) is 4.98 Å². The lowest BCUT2D eigenvalue weighted by molar-refractivity contribution is 0.913. The molecular formula is C9H9N3. The molecule has 2 rings (SSSR count). The van der Waals surface area contributed by atoms with Crippen LogP contribution in [0.4, 0.5) is 0 Å². The van der Waals surface area contributed by atoms with Gasteiger partial charge in [0.25, 0.3) is 0 Å². The number of nitrogens with zero attached hydrogens (tertiary/aromatic N) is 3. The molecule has 0 aromatic carbocycles. The summed E-state index contributed by atoms with van der Waals surface area (Å²) in [5.41, 5.74) is 2.09. The zero-order valence-corrected chi connectivity index (χ0v) is 6.81. The molecule has 0 atom stereocenters. The quantitative estimate of drug-likeness (QED) is 0.631. The first-order valence-electron chi connectivity index (χ1n) is 3.74. The summed E-state index contributed by atoms with van der Waals surface area (Å²) in [6.45, 7) is 0. The first-order valence-corrected chi connectivity index (χ1v) is 3.74. The van der Waals surface area contributed by atoms with E-state index in [2.05, 4.69) is 9.97 Å². The van der Waals surface area contributed by atoms with Gasteiger partial charge in [0.1, 0.15) is 0 Å². The Kier molecular flexibility index (Phi) is 1.63. The molecule has 0 spiro atoms. The molecule has 0 saturated carbocycles. The molecular weight excluding hydrogens is 150 g/mol. The number of aryl methyl sites for hydroxylation is 1. The minimum atomic E-state index is 0.986. The molecule has 0 saturated heterocycles. The summed E-state index contributed by atoms with van der Waals surface area (Å²) in [5, 5.41) is 0. The Labute approximate surface area is 70.7 Å². The second kappa shape index (κ2) is 2.77. The van der Waals surface area contributed by atoms with Crippen LogP contribution in [0.2, 0.25) is 0 Å². The van der Waals surface area contributed by atoms with E-state index in [0.717, 1.165) is 11.3 Å². The topological polar surface area (TPSA) is 30.7 Å². The molecule has 0 aliphatic heterocycles. The van der Waals surface area contributed by atoms with E-state index in [4.69, 9.17) is 0 Å². The third kappa shape index (κ3) is 1.21. The fourth-order valence-electron chi connectivity index (χ4n) is 1.08. The minimum absolute atomic E-state index is 0.986. The first kappa shape index (κ1) is 7.03. The molecule has 60 valence electrons. The van der Waals surface area contributed by atoms with Crippen LogP contribution in [-0.2, 0) is 7.05 Å². The fourth-order valence-corrected chi connectivity index (χ4v) is 1.08. The van der Waals surface area contributed by atoms with E-state index in [-0.39, 0.29) is 0 Å². The van der Waals surface area contributed by atoms with Gasteiger partial charge in [-0.2, -0.15) is 0 Å². The normalized spacial score (nSPS) is 10.1. The molecule has 0 aliphatic carbocycles. The number of imidazole rings is 1. The average molecular weight is 159 g/mol. The Hall–Kier alpha value is -1.64. The minimum Gasteiger partial charge on any atom is -0.340 e. The molecule has 0 aliphatic rings. The molecule has 0 radical (unpaired) electrons. The standard InChI is InChI=1S/C9H9N3/c1-12-6-9(11-7-12)8-2-4-10-5-3-8/h2-7H,1H3. The van der Waals surface area contributed by atoms with Crippen molar-refractivity contribution in [2.45, 2.75) is 0 Å². The van der Waals surface area contributed by atoms with E-state index in [0.29, 0.717) is 0 Å². The molecule has 0 bridgehead atoms. The highest BCUT2D eigenvalue weighted by Crippen LogP contribution is 2.13. The number of aromatic nitrogens is 3. The predicted octanol–water partition coefficient (Wildman–Crippen LogP) is 1.48. The molecule has 0 N–H and O–H groups in total. The average Bonchev–Trinajstić information content (AvgIpc) is 2.54. The smallest absolute Gasteiger partial charge is 0.0951 e. The Morgan fingerprint density at radius 1 is 1.25 bits per heavy atom. The molecule has 2 aromatic rings. The zero-order valence-electron chi connectivity index (χ0n) is 6.81. The summed E-state index contributed by atoms with van der Waals surface area (Å²) in [5.74, 6) is 0. The molecule has 0 unspecified atom stereocenters. The second-order valence-electron chi connectivity index (χ2n) is 2.66. The fraction of sp³-hybridized carbons (Fsp3) is 0.111. The Morgan fingerprint density at radius 3 is 2.58 bits per heavy atom. The lowest BCUT2D eigenvalue weighted by atomic mass is 10.2. The van der Waals surface area contributed by atoms with Gasteiger partial charge in [-0.1, -0.05) is 0 Å². The van der Waals surface area contributed by atoms with Crippen molar-refractivity contribution >= 4 is 0 Å². The summed E-state index contributed by atoms with van der Waals surface area (Å²) < 4.78 is 1.93. The van der Waals surface area contributed by atoms with Gasteiger partial charge in [0.2, 0.25) is 0 Å². The van der Waals surface area contributed by atoms with Gasteiger partial charge in [-0.15, -0.1) is 0 Å². The SMILES string of the molecule is Cn1cnc(-c2ccncc2)c1.